The highest BCUT2D eigenvalue weighted by Crippen LogP contribution is 2.49. The first-order chi connectivity index (χ1) is 25.4. The number of ether oxygens (including phenoxy) is 3. The summed E-state index contributed by atoms with van der Waals surface area (Å²) >= 11 is 0. The number of benzene rings is 3. The van der Waals surface area contributed by atoms with E-state index in [1.807, 2.05) is 0 Å². The van der Waals surface area contributed by atoms with Crippen LogP contribution < -0.4 is 19.9 Å². The number of fused-ring (bicyclic) bond motifs is 1. The first kappa shape index (κ1) is 39.3. The first-order valence-electron chi connectivity index (χ1n) is 17.2. The van der Waals surface area contributed by atoms with Gasteiger partial charge in [0.1, 0.15) is 17.9 Å². The van der Waals surface area contributed by atoms with Gasteiger partial charge in [0.2, 0.25) is 0 Å². The van der Waals surface area contributed by atoms with Crippen molar-refractivity contribution in [1.29, 1.82) is 0 Å². The highest BCUT2D eigenvalue weighted by atomic mass is 31.2. The van der Waals surface area contributed by atoms with Gasteiger partial charge in [0, 0.05) is 37.0 Å². The number of aromatic nitrogens is 1. The summed E-state index contributed by atoms with van der Waals surface area (Å²) in [7, 11) is -2.09. The van der Waals surface area contributed by atoms with Crippen LogP contribution in [0.1, 0.15) is 44.2 Å². The van der Waals surface area contributed by atoms with Gasteiger partial charge in [-0.1, -0.05) is 18.2 Å². The van der Waals surface area contributed by atoms with E-state index < -0.39 is 30.7 Å². The van der Waals surface area contributed by atoms with E-state index in [0.29, 0.717) is 52.8 Å². The lowest BCUT2D eigenvalue weighted by atomic mass is 9.88. The van der Waals surface area contributed by atoms with E-state index in [9.17, 15) is 23.3 Å². The molecule has 2 amide bonds. The molecule has 1 heterocycles. The third-order valence-electron chi connectivity index (χ3n) is 8.80. The zero-order valence-electron chi connectivity index (χ0n) is 29.8. The molecule has 0 bridgehead atoms. The molecular formula is C38H42F2N3O9P. The molecule has 0 saturated heterocycles. The number of nitrogens with zero attached hydrogens (tertiary/aromatic N) is 2. The zero-order valence-corrected chi connectivity index (χ0v) is 30.7. The van der Waals surface area contributed by atoms with Gasteiger partial charge in [-0.05, 0) is 80.6 Å². The van der Waals surface area contributed by atoms with Crippen LogP contribution in [0, 0.1) is 17.0 Å². The third-order valence-corrected chi connectivity index (χ3v) is 10.8. The minimum absolute atomic E-state index is 0.0247. The van der Waals surface area contributed by atoms with Crippen molar-refractivity contribution in [2.75, 3.05) is 39.8 Å². The van der Waals surface area contributed by atoms with Crippen molar-refractivity contribution in [1.82, 2.24) is 9.88 Å². The summed E-state index contributed by atoms with van der Waals surface area (Å²) in [6, 6.07) is 13.9. The molecule has 3 aromatic carbocycles. The molecule has 53 heavy (non-hydrogen) atoms. The number of pyridine rings is 1. The molecule has 2 N–H and O–H groups in total. The van der Waals surface area contributed by atoms with Crippen LogP contribution >= 0.6 is 7.60 Å². The minimum atomic E-state index is -3.55. The summed E-state index contributed by atoms with van der Waals surface area (Å²) in [5.74, 6) is -0.695. The number of Topliss-reactive ketones (excluding diaryl/α,β-unsaturated/α-hetero) is 2. The topological polar surface area (TPSA) is 157 Å². The van der Waals surface area contributed by atoms with Gasteiger partial charge in [-0.2, -0.15) is 0 Å². The normalized spacial score (nSPS) is 13.4. The van der Waals surface area contributed by atoms with Gasteiger partial charge in [-0.3, -0.25) is 19.1 Å². The van der Waals surface area contributed by atoms with Crippen LogP contribution in [0.15, 0.2) is 66.9 Å². The Labute approximate surface area is 306 Å². The lowest BCUT2D eigenvalue weighted by Gasteiger charge is -2.25. The van der Waals surface area contributed by atoms with Crippen LogP contribution in [-0.4, -0.2) is 67.2 Å². The van der Waals surface area contributed by atoms with Crippen LogP contribution in [0.4, 0.5) is 13.6 Å². The Bertz CT molecular complexity index is 2000. The molecule has 1 aromatic heterocycles. The number of nitrogens with two attached hydrogens (primary N) is 1. The average molecular weight is 754 g/mol. The van der Waals surface area contributed by atoms with Crippen LogP contribution in [0.5, 0.6) is 23.0 Å². The molecule has 0 unspecified atom stereocenters. The van der Waals surface area contributed by atoms with E-state index in [1.165, 1.54) is 54.6 Å². The molecule has 0 radical (unpaired) electrons. The Balaban J connectivity index is 1.22. The van der Waals surface area contributed by atoms with Gasteiger partial charge in [-0.25, -0.2) is 13.6 Å². The Hall–Kier alpha value is -4.91. The zero-order chi connectivity index (χ0) is 38.2. The molecule has 1 saturated carbocycles. The van der Waals surface area contributed by atoms with Gasteiger partial charge in [0.05, 0.1) is 37.9 Å². The fourth-order valence-electron chi connectivity index (χ4n) is 5.90. The molecule has 1 aliphatic carbocycles. The third kappa shape index (κ3) is 9.75. The number of hydrogen-bond donors (Lipinski definition) is 1. The monoisotopic (exact) mass is 753 g/mol. The average Bonchev–Trinajstić information content (AvgIpc) is 3.94. The van der Waals surface area contributed by atoms with Crippen LogP contribution in [0.25, 0.3) is 10.9 Å². The second kappa shape index (κ2) is 17.3. The Kier molecular flexibility index (Phi) is 12.8. The highest BCUT2D eigenvalue weighted by molar-refractivity contribution is 7.53. The van der Waals surface area contributed by atoms with Crippen molar-refractivity contribution in [2.45, 2.75) is 46.0 Å². The summed E-state index contributed by atoms with van der Waals surface area (Å²) in [5, 5.41) is 0.508. The predicted molar refractivity (Wildman–Crippen MR) is 192 cm³/mol. The SMILES string of the molecule is CCOP(=O)(CN(CCCOc1cc2nccc(Oc3ccc(CC(=O)C4(C(=O)Cc5ccc(F)cc5)CC4)cc3F)c2cc1OC)C(N)=O)OCC. The quantitative estimate of drug-likeness (QED) is 0.0548. The maximum atomic E-state index is 15.4. The predicted octanol–water partition coefficient (Wildman–Crippen LogP) is 7.39. The number of methoxy groups -OCH3 is 1. The van der Waals surface area contributed by atoms with Crippen LogP contribution in [0.3, 0.4) is 0 Å². The van der Waals surface area contributed by atoms with Crippen molar-refractivity contribution in [3.8, 4) is 23.0 Å². The van der Waals surface area contributed by atoms with E-state index in [1.54, 1.807) is 38.1 Å². The van der Waals surface area contributed by atoms with Gasteiger partial charge in [-0.15, -0.1) is 0 Å². The number of hydrogen-bond acceptors (Lipinski definition) is 10. The molecule has 282 valence electrons. The van der Waals surface area contributed by atoms with E-state index >= 15 is 4.39 Å². The summed E-state index contributed by atoms with van der Waals surface area (Å²) in [6.07, 6.45) is 2.30. The lowest BCUT2D eigenvalue weighted by molar-refractivity contribution is -0.133. The molecule has 15 heteroatoms. The second-order valence-electron chi connectivity index (χ2n) is 12.5. The smallest absolute Gasteiger partial charge is 0.349 e. The molecule has 1 fully saturated rings. The maximum absolute atomic E-state index is 15.4. The number of primary amides is 1. The van der Waals surface area contributed by atoms with E-state index in [2.05, 4.69) is 4.98 Å². The minimum Gasteiger partial charge on any atom is -0.493 e. The molecule has 0 atom stereocenters. The summed E-state index contributed by atoms with van der Waals surface area (Å²) < 4.78 is 69.6. The van der Waals surface area contributed by atoms with Crippen LogP contribution in [-0.2, 0) is 36.0 Å². The summed E-state index contributed by atoms with van der Waals surface area (Å²) in [6.45, 7) is 3.90. The number of amides is 2. The van der Waals surface area contributed by atoms with E-state index in [0.717, 1.165) is 0 Å². The highest BCUT2D eigenvalue weighted by Gasteiger charge is 2.54. The molecule has 4 aromatic rings. The van der Waals surface area contributed by atoms with Crippen molar-refractivity contribution in [2.24, 2.45) is 11.1 Å². The Morgan fingerprint density at radius 1 is 0.868 bits per heavy atom. The van der Waals surface area contributed by atoms with Gasteiger partial charge in [0.15, 0.2) is 34.6 Å². The number of halogens is 2. The summed E-state index contributed by atoms with van der Waals surface area (Å²) in [4.78, 5) is 43.9. The molecule has 1 aliphatic rings. The second-order valence-corrected chi connectivity index (χ2v) is 14.5. The number of carbonyl (C=O) groups excluding carboxylic acids is 3. The Morgan fingerprint density at radius 3 is 2.13 bits per heavy atom. The van der Waals surface area contributed by atoms with Crippen molar-refractivity contribution in [3.63, 3.8) is 0 Å². The Morgan fingerprint density at radius 2 is 1.53 bits per heavy atom. The maximum Gasteiger partial charge on any atom is 0.349 e. The van der Waals surface area contributed by atoms with Crippen LogP contribution in [0.2, 0.25) is 0 Å². The largest absolute Gasteiger partial charge is 0.493 e. The molecule has 0 spiro atoms. The van der Waals surface area contributed by atoms with E-state index in [4.69, 9.17) is 29.0 Å². The van der Waals surface area contributed by atoms with Gasteiger partial charge < -0.3 is 33.9 Å². The number of urea groups is 1. The lowest BCUT2D eigenvalue weighted by Crippen LogP contribution is -2.38. The molecule has 12 nitrogen and oxygen atoms in total. The van der Waals surface area contributed by atoms with Crippen molar-refractivity contribution >= 4 is 36.1 Å². The number of rotatable bonds is 20. The molecule has 0 aliphatic heterocycles. The molecule has 5 rings (SSSR count). The fourth-order valence-corrected chi connectivity index (χ4v) is 7.63. The van der Waals surface area contributed by atoms with E-state index in [-0.39, 0.29) is 68.6 Å². The standard InChI is InChI=1S/C38H42F2N3O9P/c1-4-50-53(47,51-5-2)24-43(37(41)46)17-6-18-49-34-23-30-28(22-33(34)48-3)31(13-16-42-30)52-32-12-9-26(19-29(32)40)21-36(45)38(14-15-38)35(44)20-25-7-10-27(39)11-8-25/h7-13,16,19,22-23H,4-6,14-15,17-18,20-21,24H2,1-3H3,(H2,41,46). The first-order valence-corrected chi connectivity index (χ1v) is 18.9. The van der Waals surface area contributed by atoms with Gasteiger partial charge >= 0.3 is 13.6 Å². The number of carbonyl (C=O) groups is 3. The number of ketones is 2. The fraction of sp³-hybridized carbons (Fsp3) is 0.368. The molecular weight excluding hydrogens is 711 g/mol. The summed E-state index contributed by atoms with van der Waals surface area (Å²) in [5.41, 5.74) is 5.91. The van der Waals surface area contributed by atoms with Crippen molar-refractivity contribution < 1.29 is 51.0 Å². The van der Waals surface area contributed by atoms with Gasteiger partial charge in [0.25, 0.3) is 0 Å². The van der Waals surface area contributed by atoms with Crippen molar-refractivity contribution in [3.05, 3.63) is 89.6 Å².